The van der Waals surface area contributed by atoms with Gasteiger partial charge in [0.15, 0.2) is 0 Å². The van der Waals surface area contributed by atoms with Crippen LogP contribution in [0.3, 0.4) is 0 Å². The molecule has 2 heterocycles. The summed E-state index contributed by atoms with van der Waals surface area (Å²) in [7, 11) is 0. The van der Waals surface area contributed by atoms with Crippen molar-refractivity contribution in [3.8, 4) is 5.69 Å². The van der Waals surface area contributed by atoms with Crippen molar-refractivity contribution in [3.05, 3.63) is 106 Å². The second kappa shape index (κ2) is 7.40. The van der Waals surface area contributed by atoms with Crippen molar-refractivity contribution in [1.82, 2.24) is 14.5 Å². The van der Waals surface area contributed by atoms with Gasteiger partial charge in [0.05, 0.1) is 39.8 Å². The van der Waals surface area contributed by atoms with E-state index >= 15 is 0 Å². The summed E-state index contributed by atoms with van der Waals surface area (Å²) in [5, 5.41) is 0.195. The van der Waals surface area contributed by atoms with E-state index < -0.39 is 29.1 Å². The molecule has 1 aliphatic rings. The molecule has 33 heavy (non-hydrogen) atoms. The molecule has 0 saturated carbocycles. The third-order valence-corrected chi connectivity index (χ3v) is 5.45. The molecule has 3 aromatic carbocycles. The molecule has 0 saturated heterocycles. The molecule has 0 aliphatic carbocycles. The number of carbonyl (C=O) groups excluding carboxylic acids is 2. The highest BCUT2D eigenvalue weighted by atomic mass is 19.4. The maximum Gasteiger partial charge on any atom is 0.416 e. The van der Waals surface area contributed by atoms with Gasteiger partial charge < -0.3 is 0 Å². The van der Waals surface area contributed by atoms with Crippen molar-refractivity contribution >= 4 is 22.7 Å². The molecule has 0 fully saturated rings. The van der Waals surface area contributed by atoms with Crippen molar-refractivity contribution in [2.24, 2.45) is 0 Å². The largest absolute Gasteiger partial charge is 0.416 e. The molecule has 164 valence electrons. The van der Waals surface area contributed by atoms with E-state index in [1.54, 1.807) is 30.3 Å². The number of rotatable bonds is 3. The average Bonchev–Trinajstić information content (AvgIpc) is 3.04. The lowest BCUT2D eigenvalue weighted by Crippen LogP contribution is -2.33. The highest BCUT2D eigenvalue weighted by Crippen LogP contribution is 2.31. The summed E-state index contributed by atoms with van der Waals surface area (Å²) in [6.45, 7) is -0.386. The van der Waals surface area contributed by atoms with Crippen LogP contribution in [0.15, 0.2) is 77.6 Å². The summed E-state index contributed by atoms with van der Waals surface area (Å²) in [5.74, 6) is -1.16. The predicted octanol–water partition coefficient (Wildman–Crippen LogP) is 4.20. The molecular weight excluding hydrogens is 435 g/mol. The van der Waals surface area contributed by atoms with Crippen LogP contribution in [0.4, 0.5) is 13.2 Å². The minimum atomic E-state index is -4.62. The van der Waals surface area contributed by atoms with Gasteiger partial charge in [-0.05, 0) is 42.5 Å². The van der Waals surface area contributed by atoms with E-state index in [1.165, 1.54) is 30.3 Å². The van der Waals surface area contributed by atoms with Gasteiger partial charge in [-0.1, -0.05) is 30.3 Å². The lowest BCUT2D eigenvalue weighted by molar-refractivity contribution is -0.137. The second-order valence-electron chi connectivity index (χ2n) is 7.48. The third-order valence-electron chi connectivity index (χ3n) is 5.45. The maximum atomic E-state index is 13.3. The van der Waals surface area contributed by atoms with E-state index in [1.807, 2.05) is 0 Å². The third kappa shape index (κ3) is 3.38. The summed E-state index contributed by atoms with van der Waals surface area (Å²) in [4.78, 5) is 44.4. The average molecular weight is 449 g/mol. The topological polar surface area (TPSA) is 72.3 Å². The van der Waals surface area contributed by atoms with Gasteiger partial charge in [0.1, 0.15) is 5.82 Å². The van der Waals surface area contributed by atoms with Crippen LogP contribution >= 0.6 is 0 Å². The molecule has 1 aliphatic heterocycles. The van der Waals surface area contributed by atoms with Crippen molar-refractivity contribution in [3.63, 3.8) is 0 Å². The molecule has 1 aromatic heterocycles. The number of para-hydroxylation sites is 1. The van der Waals surface area contributed by atoms with Crippen LogP contribution in [-0.4, -0.2) is 26.3 Å². The molecule has 0 atom stereocenters. The number of amides is 2. The molecule has 4 aromatic rings. The van der Waals surface area contributed by atoms with Gasteiger partial charge in [-0.15, -0.1) is 0 Å². The van der Waals surface area contributed by atoms with Gasteiger partial charge in [-0.25, -0.2) is 4.98 Å². The van der Waals surface area contributed by atoms with Crippen molar-refractivity contribution < 1.29 is 22.8 Å². The van der Waals surface area contributed by atoms with Gasteiger partial charge >= 0.3 is 6.18 Å². The highest BCUT2D eigenvalue weighted by molar-refractivity contribution is 6.21. The molecule has 0 N–H and O–H groups in total. The standard InChI is InChI=1S/C24H14F3N3O3/c25-24(26,27)14-6-5-7-15(12-14)30-20(28-19-11-4-3-10-18(19)23(30)33)13-29-21(31)16-8-1-2-9-17(16)22(29)32/h1-12H,13H2. The van der Waals surface area contributed by atoms with Crippen LogP contribution in [0.2, 0.25) is 0 Å². The summed E-state index contributed by atoms with van der Waals surface area (Å²) < 4.78 is 41.0. The van der Waals surface area contributed by atoms with Crippen LogP contribution < -0.4 is 5.56 Å². The van der Waals surface area contributed by atoms with Crippen molar-refractivity contribution in [2.75, 3.05) is 0 Å². The molecule has 2 amide bonds. The smallest absolute Gasteiger partial charge is 0.269 e. The zero-order chi connectivity index (χ0) is 23.3. The monoisotopic (exact) mass is 449 g/mol. The van der Waals surface area contributed by atoms with E-state index in [0.29, 0.717) is 5.52 Å². The van der Waals surface area contributed by atoms with Crippen LogP contribution in [0, 0.1) is 0 Å². The SMILES string of the molecule is O=C1c2ccccc2C(=O)N1Cc1nc2ccccc2c(=O)n1-c1cccc(C(F)(F)F)c1. The van der Waals surface area contributed by atoms with Crippen LogP contribution in [0.5, 0.6) is 0 Å². The van der Waals surface area contributed by atoms with Crippen molar-refractivity contribution in [2.45, 2.75) is 12.7 Å². The molecule has 0 radical (unpaired) electrons. The number of alkyl halides is 3. The molecular formula is C24H14F3N3O3. The number of nitrogens with zero attached hydrogens (tertiary/aromatic N) is 3. The summed E-state index contributed by atoms with van der Waals surface area (Å²) in [6, 6.07) is 16.9. The minimum Gasteiger partial charge on any atom is -0.269 e. The number of fused-ring (bicyclic) bond motifs is 2. The van der Waals surface area contributed by atoms with E-state index in [9.17, 15) is 27.6 Å². The maximum absolute atomic E-state index is 13.3. The predicted molar refractivity (Wildman–Crippen MR) is 113 cm³/mol. The number of carbonyl (C=O) groups is 2. The number of halogens is 3. The Morgan fingerprint density at radius 2 is 1.42 bits per heavy atom. The first-order chi connectivity index (χ1) is 15.8. The number of benzene rings is 3. The summed E-state index contributed by atoms with van der Waals surface area (Å²) in [6.07, 6.45) is -4.62. The lowest BCUT2D eigenvalue weighted by atomic mass is 10.1. The number of hydrogen-bond donors (Lipinski definition) is 0. The highest BCUT2D eigenvalue weighted by Gasteiger charge is 2.36. The molecule has 9 heteroatoms. The van der Waals surface area contributed by atoms with Crippen LogP contribution in [-0.2, 0) is 12.7 Å². The molecule has 6 nitrogen and oxygen atoms in total. The minimum absolute atomic E-state index is 0.0347. The van der Waals surface area contributed by atoms with Crippen LogP contribution in [0.1, 0.15) is 32.1 Å². The van der Waals surface area contributed by atoms with E-state index in [4.69, 9.17) is 0 Å². The molecule has 0 unspecified atom stereocenters. The lowest BCUT2D eigenvalue weighted by Gasteiger charge is -2.19. The van der Waals surface area contributed by atoms with E-state index in [-0.39, 0.29) is 34.6 Å². The normalized spacial score (nSPS) is 13.6. The quantitative estimate of drug-likeness (QED) is 0.440. The van der Waals surface area contributed by atoms with Gasteiger partial charge in [-0.3, -0.25) is 23.9 Å². The first-order valence-corrected chi connectivity index (χ1v) is 9.89. The van der Waals surface area contributed by atoms with Gasteiger partial charge in [0.25, 0.3) is 17.4 Å². The van der Waals surface area contributed by atoms with Gasteiger partial charge in [-0.2, -0.15) is 13.2 Å². The fraction of sp³-hybridized carbons (Fsp3) is 0.0833. The Kier molecular flexibility index (Phi) is 4.63. The fourth-order valence-corrected chi connectivity index (χ4v) is 3.90. The zero-order valence-electron chi connectivity index (χ0n) is 16.8. The second-order valence-corrected chi connectivity index (χ2v) is 7.48. The Balaban J connectivity index is 1.69. The first kappa shape index (κ1) is 20.6. The Labute approximate surface area is 184 Å². The Hall–Kier alpha value is -4.27. The molecule has 0 spiro atoms. The van der Waals surface area contributed by atoms with Crippen molar-refractivity contribution in [1.29, 1.82) is 0 Å². The van der Waals surface area contributed by atoms with E-state index in [0.717, 1.165) is 21.6 Å². The number of aromatic nitrogens is 2. The van der Waals surface area contributed by atoms with Gasteiger partial charge in [0, 0.05) is 0 Å². The summed E-state index contributed by atoms with van der Waals surface area (Å²) in [5.41, 5.74) is -0.872. The fourth-order valence-electron chi connectivity index (χ4n) is 3.90. The Morgan fingerprint density at radius 1 is 0.788 bits per heavy atom. The first-order valence-electron chi connectivity index (χ1n) is 9.89. The van der Waals surface area contributed by atoms with Crippen LogP contribution in [0.25, 0.3) is 16.6 Å². The van der Waals surface area contributed by atoms with Gasteiger partial charge in [0.2, 0.25) is 0 Å². The number of hydrogen-bond acceptors (Lipinski definition) is 4. The zero-order valence-corrected chi connectivity index (χ0v) is 16.8. The molecule has 5 rings (SSSR count). The Morgan fingerprint density at radius 3 is 2.09 bits per heavy atom. The van der Waals surface area contributed by atoms with E-state index in [2.05, 4.69) is 4.98 Å². The Bertz CT molecular complexity index is 1470. The number of imide groups is 1. The molecule has 0 bridgehead atoms. The summed E-state index contributed by atoms with van der Waals surface area (Å²) >= 11 is 0.